The molecule has 6 nitrogen and oxygen atoms in total. The Morgan fingerprint density at radius 2 is 1.77 bits per heavy atom. The molecule has 0 bridgehead atoms. The maximum Gasteiger partial charge on any atom is 0.416 e. The molecule has 1 aliphatic rings. The number of ether oxygens (including phenoxy) is 1. The molecule has 2 amide bonds. The first-order valence-electron chi connectivity index (χ1n) is 9.95. The van der Waals surface area contributed by atoms with Crippen molar-refractivity contribution in [1.82, 2.24) is 15.5 Å². The van der Waals surface area contributed by atoms with Crippen molar-refractivity contribution in [3.63, 3.8) is 0 Å². The first-order valence-corrected chi connectivity index (χ1v) is 9.95. The molecule has 0 saturated carbocycles. The van der Waals surface area contributed by atoms with Gasteiger partial charge in [-0.05, 0) is 70.8 Å². The van der Waals surface area contributed by atoms with E-state index in [0.29, 0.717) is 13.1 Å². The third-order valence-electron chi connectivity index (χ3n) is 4.87. The summed E-state index contributed by atoms with van der Waals surface area (Å²) in [6.07, 6.45) is -2.96. The molecular formula is C21H30F3N3O3. The number of piperidine rings is 1. The average molecular weight is 429 g/mol. The van der Waals surface area contributed by atoms with E-state index in [1.165, 1.54) is 13.2 Å². The molecule has 1 aromatic carbocycles. The predicted octanol–water partition coefficient (Wildman–Crippen LogP) is 3.07. The van der Waals surface area contributed by atoms with Crippen LogP contribution in [-0.4, -0.2) is 55.5 Å². The smallest absolute Gasteiger partial charge is 0.416 e. The molecule has 1 fully saturated rings. The highest BCUT2D eigenvalue weighted by Gasteiger charge is 2.32. The third-order valence-corrected chi connectivity index (χ3v) is 4.87. The van der Waals surface area contributed by atoms with Crippen LogP contribution in [0, 0.1) is 5.92 Å². The molecule has 1 heterocycles. The Labute approximate surface area is 175 Å². The topological polar surface area (TPSA) is 70.7 Å². The Balaban J connectivity index is 1.85. The van der Waals surface area contributed by atoms with E-state index >= 15 is 0 Å². The molecule has 1 aromatic rings. The molecule has 168 valence electrons. The second-order valence-corrected chi connectivity index (χ2v) is 8.68. The fourth-order valence-electron chi connectivity index (χ4n) is 3.36. The van der Waals surface area contributed by atoms with E-state index in [-0.39, 0.29) is 28.7 Å². The number of likely N-dealkylation sites (tertiary alicyclic amines) is 1. The van der Waals surface area contributed by atoms with Crippen molar-refractivity contribution in [3.05, 3.63) is 29.3 Å². The Morgan fingerprint density at radius 1 is 1.13 bits per heavy atom. The first kappa shape index (κ1) is 24.0. The lowest BCUT2D eigenvalue weighted by Crippen LogP contribution is -2.48. The Kier molecular flexibility index (Phi) is 7.74. The number of methoxy groups -OCH3 is 1. The van der Waals surface area contributed by atoms with Crippen molar-refractivity contribution in [1.29, 1.82) is 0 Å². The monoisotopic (exact) mass is 429 g/mol. The molecule has 0 aliphatic carbocycles. The Morgan fingerprint density at radius 3 is 2.30 bits per heavy atom. The van der Waals surface area contributed by atoms with Crippen LogP contribution in [0.4, 0.5) is 13.2 Å². The van der Waals surface area contributed by atoms with Gasteiger partial charge in [-0.15, -0.1) is 0 Å². The van der Waals surface area contributed by atoms with E-state index in [4.69, 9.17) is 4.74 Å². The van der Waals surface area contributed by atoms with Gasteiger partial charge in [0.25, 0.3) is 5.91 Å². The maximum absolute atomic E-state index is 13.0. The van der Waals surface area contributed by atoms with Crippen molar-refractivity contribution in [2.75, 3.05) is 33.3 Å². The largest absolute Gasteiger partial charge is 0.497 e. The van der Waals surface area contributed by atoms with Gasteiger partial charge in [0.05, 0.1) is 19.2 Å². The van der Waals surface area contributed by atoms with Crippen LogP contribution >= 0.6 is 0 Å². The minimum Gasteiger partial charge on any atom is -0.497 e. The van der Waals surface area contributed by atoms with E-state index in [9.17, 15) is 22.8 Å². The van der Waals surface area contributed by atoms with Crippen molar-refractivity contribution in [2.24, 2.45) is 5.92 Å². The van der Waals surface area contributed by atoms with Gasteiger partial charge in [0.15, 0.2) is 0 Å². The average Bonchev–Trinajstić information content (AvgIpc) is 2.64. The first-order chi connectivity index (χ1) is 13.9. The standard InChI is InChI=1S/C21H30F3N3O3/c1-20(2,3)26-18(28)13-27-7-5-14(6-8-27)12-25-19(29)15-9-16(21(22,23)24)11-17(10-15)30-4/h9-11,14H,5-8,12-13H2,1-4H3,(H,25,29)(H,26,28). The number of nitrogens with zero attached hydrogens (tertiary/aromatic N) is 1. The molecular weight excluding hydrogens is 399 g/mol. The van der Waals surface area contributed by atoms with Gasteiger partial charge in [0.2, 0.25) is 5.91 Å². The van der Waals surface area contributed by atoms with E-state index in [2.05, 4.69) is 15.5 Å². The lowest BCUT2D eigenvalue weighted by atomic mass is 9.96. The van der Waals surface area contributed by atoms with Gasteiger partial charge in [0, 0.05) is 17.6 Å². The Hall–Kier alpha value is -2.29. The van der Waals surface area contributed by atoms with E-state index in [1.807, 2.05) is 20.8 Å². The number of hydrogen-bond acceptors (Lipinski definition) is 4. The number of carbonyl (C=O) groups excluding carboxylic acids is 2. The molecule has 0 atom stereocenters. The summed E-state index contributed by atoms with van der Waals surface area (Å²) in [5.41, 5.74) is -1.28. The number of alkyl halides is 3. The summed E-state index contributed by atoms with van der Waals surface area (Å²) in [6.45, 7) is 7.96. The molecule has 9 heteroatoms. The van der Waals surface area contributed by atoms with Crippen LogP contribution < -0.4 is 15.4 Å². The molecule has 1 saturated heterocycles. The summed E-state index contributed by atoms with van der Waals surface area (Å²) in [4.78, 5) is 26.5. The van der Waals surface area contributed by atoms with Gasteiger partial charge in [-0.1, -0.05) is 0 Å². The SMILES string of the molecule is COc1cc(C(=O)NCC2CCN(CC(=O)NC(C)(C)C)CC2)cc(C(F)(F)F)c1. The summed E-state index contributed by atoms with van der Waals surface area (Å²) in [6, 6.07) is 2.98. The second-order valence-electron chi connectivity index (χ2n) is 8.68. The molecule has 30 heavy (non-hydrogen) atoms. The summed E-state index contributed by atoms with van der Waals surface area (Å²) < 4.78 is 44.0. The molecule has 0 spiro atoms. The van der Waals surface area contributed by atoms with Crippen molar-refractivity contribution >= 4 is 11.8 Å². The summed E-state index contributed by atoms with van der Waals surface area (Å²) in [7, 11) is 1.26. The highest BCUT2D eigenvalue weighted by molar-refractivity contribution is 5.94. The minimum absolute atomic E-state index is 0.0168. The maximum atomic E-state index is 13.0. The van der Waals surface area contributed by atoms with Crippen LogP contribution in [0.3, 0.4) is 0 Å². The highest BCUT2D eigenvalue weighted by atomic mass is 19.4. The van der Waals surface area contributed by atoms with E-state index in [0.717, 1.165) is 38.1 Å². The molecule has 0 unspecified atom stereocenters. The molecule has 1 aliphatic heterocycles. The highest BCUT2D eigenvalue weighted by Crippen LogP contribution is 2.32. The quantitative estimate of drug-likeness (QED) is 0.729. The van der Waals surface area contributed by atoms with E-state index in [1.54, 1.807) is 0 Å². The van der Waals surface area contributed by atoms with E-state index < -0.39 is 17.6 Å². The Bertz CT molecular complexity index is 752. The van der Waals surface area contributed by atoms with Crippen molar-refractivity contribution in [2.45, 2.75) is 45.3 Å². The number of halogens is 3. The minimum atomic E-state index is -4.56. The third kappa shape index (κ3) is 7.51. The predicted molar refractivity (Wildman–Crippen MR) is 107 cm³/mol. The lowest BCUT2D eigenvalue weighted by Gasteiger charge is -2.32. The normalized spacial score (nSPS) is 16.2. The number of amides is 2. The van der Waals surface area contributed by atoms with Crippen LogP contribution in [-0.2, 0) is 11.0 Å². The fraction of sp³-hybridized carbons (Fsp3) is 0.619. The second kappa shape index (κ2) is 9.68. The number of carbonyl (C=O) groups is 2. The fourth-order valence-corrected chi connectivity index (χ4v) is 3.36. The van der Waals surface area contributed by atoms with Gasteiger partial charge < -0.3 is 15.4 Å². The van der Waals surface area contributed by atoms with Crippen LogP contribution in [0.5, 0.6) is 5.75 Å². The lowest BCUT2D eigenvalue weighted by molar-refractivity contribution is -0.137. The van der Waals surface area contributed by atoms with Crippen LogP contribution in [0.25, 0.3) is 0 Å². The molecule has 2 rings (SSSR count). The number of benzene rings is 1. The zero-order chi connectivity index (χ0) is 22.5. The zero-order valence-electron chi connectivity index (χ0n) is 17.9. The summed E-state index contributed by atoms with van der Waals surface area (Å²) in [5.74, 6) is -0.389. The van der Waals surface area contributed by atoms with Crippen LogP contribution in [0.15, 0.2) is 18.2 Å². The number of nitrogens with one attached hydrogen (secondary N) is 2. The van der Waals surface area contributed by atoms with Crippen LogP contribution in [0.2, 0.25) is 0 Å². The molecule has 2 N–H and O–H groups in total. The summed E-state index contributed by atoms with van der Waals surface area (Å²) in [5, 5.41) is 5.66. The zero-order valence-corrected chi connectivity index (χ0v) is 17.9. The summed E-state index contributed by atoms with van der Waals surface area (Å²) >= 11 is 0. The van der Waals surface area contributed by atoms with Gasteiger partial charge in [-0.2, -0.15) is 13.2 Å². The molecule has 0 radical (unpaired) electrons. The van der Waals surface area contributed by atoms with Gasteiger partial charge >= 0.3 is 6.18 Å². The number of hydrogen-bond donors (Lipinski definition) is 2. The molecule has 0 aromatic heterocycles. The van der Waals surface area contributed by atoms with Crippen LogP contribution in [0.1, 0.15) is 49.5 Å². The van der Waals surface area contributed by atoms with Gasteiger partial charge in [-0.3, -0.25) is 14.5 Å². The van der Waals surface area contributed by atoms with Crippen molar-refractivity contribution in [3.8, 4) is 5.75 Å². The van der Waals surface area contributed by atoms with Gasteiger partial charge in [0.1, 0.15) is 5.75 Å². The number of rotatable bonds is 6. The van der Waals surface area contributed by atoms with Crippen molar-refractivity contribution < 1.29 is 27.5 Å². The van der Waals surface area contributed by atoms with Gasteiger partial charge in [-0.25, -0.2) is 0 Å².